The van der Waals surface area contributed by atoms with E-state index in [-0.39, 0.29) is 17.4 Å². The smallest absolute Gasteiger partial charge is 0.307 e. The number of rotatable bonds is 8. The Morgan fingerprint density at radius 3 is 2.43 bits per heavy atom. The van der Waals surface area contributed by atoms with Gasteiger partial charge >= 0.3 is 5.97 Å². The van der Waals surface area contributed by atoms with Gasteiger partial charge in [-0.1, -0.05) is 18.2 Å². The minimum atomic E-state index is -0.958. The average Bonchev–Trinajstić information content (AvgIpc) is 2.77. The second-order valence-electron chi connectivity index (χ2n) is 6.95. The molecule has 3 rings (SSSR count). The number of benzene rings is 2. The van der Waals surface area contributed by atoms with Crippen molar-refractivity contribution in [1.82, 2.24) is 0 Å². The summed E-state index contributed by atoms with van der Waals surface area (Å²) >= 11 is 1.38. The van der Waals surface area contributed by atoms with Crippen LogP contribution in [0.15, 0.2) is 65.6 Å². The van der Waals surface area contributed by atoms with Crippen LogP contribution in [0.4, 0.5) is 5.69 Å². The fraction of sp³-hybridized carbons (Fsp3) is 0.261. The Labute approximate surface area is 179 Å². The van der Waals surface area contributed by atoms with Gasteiger partial charge in [-0.15, -0.1) is 11.8 Å². The molecule has 1 aliphatic rings. The van der Waals surface area contributed by atoms with E-state index >= 15 is 0 Å². The van der Waals surface area contributed by atoms with Crippen LogP contribution in [-0.2, 0) is 9.59 Å². The molecule has 1 aliphatic carbocycles. The maximum absolute atomic E-state index is 12.6. The molecule has 1 amide bonds. The number of carboxylic acid groups (broad SMARTS) is 1. The quantitative estimate of drug-likeness (QED) is 0.373. The number of allylic oxidation sites excluding steroid dienone is 2. The number of hydrogen-bond acceptors (Lipinski definition) is 5. The molecule has 0 heterocycles. The highest BCUT2D eigenvalue weighted by molar-refractivity contribution is 8.00. The third-order valence-corrected chi connectivity index (χ3v) is 5.96. The summed E-state index contributed by atoms with van der Waals surface area (Å²) in [5, 5.41) is 12.2. The van der Waals surface area contributed by atoms with Crippen molar-refractivity contribution < 1.29 is 24.2 Å². The third-order valence-electron chi connectivity index (χ3n) is 4.97. The van der Waals surface area contributed by atoms with Crippen LogP contribution in [0.25, 0.3) is 0 Å². The van der Waals surface area contributed by atoms with Crippen molar-refractivity contribution in [3.63, 3.8) is 0 Å². The van der Waals surface area contributed by atoms with Gasteiger partial charge in [0.05, 0.1) is 24.7 Å². The Balaban J connectivity index is 1.60. The average molecular weight is 426 g/mol. The maximum atomic E-state index is 12.6. The van der Waals surface area contributed by atoms with E-state index in [1.54, 1.807) is 55.7 Å². The molecule has 0 saturated heterocycles. The fourth-order valence-corrected chi connectivity index (χ4v) is 4.13. The molecule has 2 atom stereocenters. The summed E-state index contributed by atoms with van der Waals surface area (Å²) in [6, 6.07) is 14.2. The van der Waals surface area contributed by atoms with Gasteiger partial charge in [-0.3, -0.25) is 14.4 Å². The molecule has 0 bridgehead atoms. The molecule has 6 nitrogen and oxygen atoms in total. The molecule has 7 heteroatoms. The molecule has 2 unspecified atom stereocenters. The van der Waals surface area contributed by atoms with Crippen molar-refractivity contribution in [2.45, 2.75) is 17.7 Å². The van der Waals surface area contributed by atoms with Crippen molar-refractivity contribution >= 4 is 35.1 Å². The number of Topliss-reactive ketones (excluding diaryl/α,β-unsaturated/α-hetero) is 1. The van der Waals surface area contributed by atoms with Gasteiger partial charge in [-0.2, -0.15) is 0 Å². The summed E-state index contributed by atoms with van der Waals surface area (Å²) < 4.78 is 5.10. The number of methoxy groups -OCH3 is 1. The van der Waals surface area contributed by atoms with E-state index in [0.29, 0.717) is 29.8 Å². The summed E-state index contributed by atoms with van der Waals surface area (Å²) in [6.07, 6.45) is 4.42. The van der Waals surface area contributed by atoms with Gasteiger partial charge in [0.2, 0.25) is 5.91 Å². The van der Waals surface area contributed by atoms with Crippen molar-refractivity contribution in [1.29, 1.82) is 0 Å². The van der Waals surface area contributed by atoms with Gasteiger partial charge in [0.25, 0.3) is 0 Å². The number of thioether (sulfide) groups is 1. The summed E-state index contributed by atoms with van der Waals surface area (Å²) in [5.74, 6) is -1.62. The van der Waals surface area contributed by atoms with Crippen molar-refractivity contribution in [3.8, 4) is 5.75 Å². The second-order valence-corrected chi connectivity index (χ2v) is 8.00. The zero-order chi connectivity index (χ0) is 21.5. The number of aliphatic carboxylic acids is 1. The van der Waals surface area contributed by atoms with Gasteiger partial charge in [0.1, 0.15) is 5.75 Å². The van der Waals surface area contributed by atoms with Crippen molar-refractivity contribution in [2.24, 2.45) is 11.8 Å². The Hall–Kier alpha value is -3.06. The first kappa shape index (κ1) is 21.6. The number of hydrogen-bond donors (Lipinski definition) is 2. The van der Waals surface area contributed by atoms with E-state index in [4.69, 9.17) is 4.74 Å². The second kappa shape index (κ2) is 10.1. The van der Waals surface area contributed by atoms with Crippen LogP contribution in [0.1, 0.15) is 23.2 Å². The van der Waals surface area contributed by atoms with Gasteiger partial charge in [0.15, 0.2) is 5.78 Å². The summed E-state index contributed by atoms with van der Waals surface area (Å²) in [6.45, 7) is 0. The van der Waals surface area contributed by atoms with Crippen LogP contribution in [0.2, 0.25) is 0 Å². The van der Waals surface area contributed by atoms with Crippen LogP contribution in [0.3, 0.4) is 0 Å². The SMILES string of the molecule is COc1ccc(C(=O)CSc2cccc(NC(=O)C3CC=CCC3C(=O)O)c2)cc1. The van der Waals surface area contributed by atoms with Gasteiger partial charge in [0, 0.05) is 16.1 Å². The molecule has 0 saturated carbocycles. The lowest BCUT2D eigenvalue weighted by molar-refractivity contribution is -0.146. The standard InChI is InChI=1S/C23H23NO5S/c1-29-17-11-9-15(10-12-17)21(25)14-30-18-6-4-5-16(13-18)24-22(26)19-7-2-3-8-20(19)23(27)28/h2-6,9-13,19-20H,7-8,14H2,1H3,(H,24,26)(H,27,28). The summed E-state index contributed by atoms with van der Waals surface area (Å²) in [4.78, 5) is 37.3. The van der Waals surface area contributed by atoms with E-state index in [2.05, 4.69) is 5.32 Å². The first-order valence-corrected chi connectivity index (χ1v) is 10.6. The highest BCUT2D eigenvalue weighted by Gasteiger charge is 2.33. The maximum Gasteiger partial charge on any atom is 0.307 e. The zero-order valence-electron chi connectivity index (χ0n) is 16.5. The molecule has 0 fully saturated rings. The number of anilines is 1. The van der Waals surface area contributed by atoms with Gasteiger partial charge < -0.3 is 15.2 Å². The Morgan fingerprint density at radius 2 is 1.77 bits per heavy atom. The molecule has 2 aromatic carbocycles. The molecule has 0 spiro atoms. The summed E-state index contributed by atoms with van der Waals surface area (Å²) in [5.41, 5.74) is 1.19. The molecule has 0 aliphatic heterocycles. The molecular formula is C23H23NO5S. The van der Waals surface area contributed by atoms with Crippen molar-refractivity contribution in [2.75, 3.05) is 18.2 Å². The van der Waals surface area contributed by atoms with Crippen LogP contribution in [0.5, 0.6) is 5.75 Å². The number of ether oxygens (including phenoxy) is 1. The lowest BCUT2D eigenvalue weighted by Crippen LogP contribution is -2.34. The highest BCUT2D eigenvalue weighted by Crippen LogP contribution is 2.28. The molecule has 0 aromatic heterocycles. The number of nitrogens with one attached hydrogen (secondary N) is 1. The molecule has 2 N–H and O–H groups in total. The minimum absolute atomic E-state index is 0.00427. The molecule has 0 radical (unpaired) electrons. The lowest BCUT2D eigenvalue weighted by Gasteiger charge is -2.24. The zero-order valence-corrected chi connectivity index (χ0v) is 17.4. The Bertz CT molecular complexity index is 954. The number of ketones is 1. The Morgan fingerprint density at radius 1 is 1.07 bits per heavy atom. The number of carboxylic acids is 1. The van der Waals surface area contributed by atoms with E-state index in [1.807, 2.05) is 12.1 Å². The monoisotopic (exact) mass is 425 g/mol. The van der Waals surface area contributed by atoms with Crippen LogP contribution < -0.4 is 10.1 Å². The molecule has 2 aromatic rings. The number of amides is 1. The van der Waals surface area contributed by atoms with E-state index in [9.17, 15) is 19.5 Å². The van der Waals surface area contributed by atoms with Crippen LogP contribution >= 0.6 is 11.8 Å². The predicted molar refractivity (Wildman–Crippen MR) is 116 cm³/mol. The van der Waals surface area contributed by atoms with E-state index in [1.165, 1.54) is 11.8 Å². The number of carbonyl (C=O) groups excluding carboxylic acids is 2. The van der Waals surface area contributed by atoms with E-state index in [0.717, 1.165) is 4.90 Å². The van der Waals surface area contributed by atoms with Crippen LogP contribution in [-0.4, -0.2) is 35.6 Å². The van der Waals surface area contributed by atoms with Crippen LogP contribution in [0, 0.1) is 11.8 Å². The van der Waals surface area contributed by atoms with Gasteiger partial charge in [-0.25, -0.2) is 0 Å². The van der Waals surface area contributed by atoms with Gasteiger partial charge in [-0.05, 0) is 55.3 Å². The highest BCUT2D eigenvalue weighted by atomic mass is 32.2. The molecule has 30 heavy (non-hydrogen) atoms. The lowest BCUT2D eigenvalue weighted by atomic mass is 9.82. The third kappa shape index (κ3) is 5.51. The molecule has 156 valence electrons. The number of carbonyl (C=O) groups is 3. The van der Waals surface area contributed by atoms with Crippen molar-refractivity contribution in [3.05, 3.63) is 66.2 Å². The first-order valence-electron chi connectivity index (χ1n) is 9.56. The predicted octanol–water partition coefficient (Wildman–Crippen LogP) is 4.28. The topological polar surface area (TPSA) is 92.7 Å². The van der Waals surface area contributed by atoms with E-state index < -0.39 is 17.8 Å². The normalized spacial score (nSPS) is 17.9. The molecular weight excluding hydrogens is 402 g/mol. The fourth-order valence-electron chi connectivity index (χ4n) is 3.28. The summed E-state index contributed by atoms with van der Waals surface area (Å²) in [7, 11) is 1.57. The Kier molecular flexibility index (Phi) is 7.30. The minimum Gasteiger partial charge on any atom is -0.497 e. The largest absolute Gasteiger partial charge is 0.497 e. The first-order chi connectivity index (χ1) is 14.5.